The fourth-order valence-corrected chi connectivity index (χ4v) is 2.91. The summed E-state index contributed by atoms with van der Waals surface area (Å²) < 4.78 is 0. The van der Waals surface area contributed by atoms with Crippen molar-refractivity contribution in [1.82, 2.24) is 4.90 Å². The van der Waals surface area contributed by atoms with E-state index in [2.05, 4.69) is 18.7 Å². The molecule has 1 aliphatic carbocycles. The molecule has 2 fully saturated rings. The first-order chi connectivity index (χ1) is 7.09. The van der Waals surface area contributed by atoms with Crippen LogP contribution >= 0.6 is 0 Å². The third-order valence-corrected chi connectivity index (χ3v) is 4.15. The van der Waals surface area contributed by atoms with E-state index >= 15 is 0 Å². The Morgan fingerprint density at radius 3 is 2.53 bits per heavy atom. The van der Waals surface area contributed by atoms with E-state index in [-0.39, 0.29) is 5.92 Å². The van der Waals surface area contributed by atoms with Gasteiger partial charge in [-0.05, 0) is 24.7 Å². The van der Waals surface area contributed by atoms with E-state index in [1.807, 2.05) is 0 Å². The Morgan fingerprint density at radius 1 is 1.33 bits per heavy atom. The van der Waals surface area contributed by atoms with E-state index in [1.165, 1.54) is 0 Å². The van der Waals surface area contributed by atoms with E-state index in [1.54, 1.807) is 0 Å². The quantitative estimate of drug-likeness (QED) is 0.774. The molecular weight excluding hydrogens is 190 g/mol. The van der Waals surface area contributed by atoms with Crippen molar-refractivity contribution in [2.75, 3.05) is 13.1 Å². The Balaban J connectivity index is 1.88. The summed E-state index contributed by atoms with van der Waals surface area (Å²) in [5, 5.41) is 9.10. The van der Waals surface area contributed by atoms with Gasteiger partial charge >= 0.3 is 5.97 Å². The molecule has 2 aliphatic rings. The lowest BCUT2D eigenvalue weighted by Gasteiger charge is -2.46. The van der Waals surface area contributed by atoms with E-state index in [9.17, 15) is 4.79 Å². The summed E-state index contributed by atoms with van der Waals surface area (Å²) in [5.41, 5.74) is 0. The van der Waals surface area contributed by atoms with Crippen LogP contribution in [0.5, 0.6) is 0 Å². The van der Waals surface area contributed by atoms with Gasteiger partial charge in [0.1, 0.15) is 0 Å². The molecular formula is C12H21NO2. The van der Waals surface area contributed by atoms with Crippen molar-refractivity contribution in [1.29, 1.82) is 0 Å². The minimum atomic E-state index is -0.592. The Hall–Kier alpha value is -0.570. The molecule has 1 saturated heterocycles. The highest BCUT2D eigenvalue weighted by molar-refractivity contribution is 5.71. The van der Waals surface area contributed by atoms with Crippen molar-refractivity contribution in [3.8, 4) is 0 Å². The van der Waals surface area contributed by atoms with Gasteiger partial charge in [0.25, 0.3) is 0 Å². The van der Waals surface area contributed by atoms with Crippen molar-refractivity contribution in [2.24, 2.45) is 17.8 Å². The van der Waals surface area contributed by atoms with Crippen LogP contribution in [0, 0.1) is 17.8 Å². The van der Waals surface area contributed by atoms with Crippen LogP contribution in [0.25, 0.3) is 0 Å². The number of rotatable bonds is 3. The maximum Gasteiger partial charge on any atom is 0.308 e. The summed E-state index contributed by atoms with van der Waals surface area (Å²) >= 11 is 0. The first-order valence-corrected chi connectivity index (χ1v) is 6.06. The summed E-state index contributed by atoms with van der Waals surface area (Å²) in [6, 6.07) is 0.331. The Labute approximate surface area is 91.5 Å². The number of carbonyl (C=O) groups is 1. The average Bonchev–Trinajstić information content (AvgIpc) is 2.48. The smallest absolute Gasteiger partial charge is 0.308 e. The highest BCUT2D eigenvalue weighted by atomic mass is 16.4. The van der Waals surface area contributed by atoms with Gasteiger partial charge in [0.2, 0.25) is 0 Å². The lowest BCUT2D eigenvalue weighted by molar-refractivity contribution is -0.144. The van der Waals surface area contributed by atoms with Crippen LogP contribution in [-0.2, 0) is 4.79 Å². The number of likely N-dealkylation sites (tertiary alicyclic amines) is 1. The lowest BCUT2D eigenvalue weighted by Crippen LogP contribution is -2.55. The second kappa shape index (κ2) is 4.12. The summed E-state index contributed by atoms with van der Waals surface area (Å²) in [7, 11) is 0. The summed E-state index contributed by atoms with van der Waals surface area (Å²) in [6.07, 6.45) is 3.05. The molecule has 3 nitrogen and oxygen atoms in total. The van der Waals surface area contributed by atoms with Gasteiger partial charge in [0, 0.05) is 19.1 Å². The van der Waals surface area contributed by atoms with Gasteiger partial charge in [-0.2, -0.15) is 0 Å². The normalized spacial score (nSPS) is 33.3. The molecule has 0 aromatic heterocycles. The van der Waals surface area contributed by atoms with Crippen molar-refractivity contribution in [2.45, 2.75) is 39.2 Å². The number of carboxylic acid groups (broad SMARTS) is 1. The first kappa shape index (κ1) is 10.9. The number of carboxylic acids is 1. The zero-order valence-electron chi connectivity index (χ0n) is 9.65. The molecule has 0 bridgehead atoms. The average molecular weight is 211 g/mol. The highest BCUT2D eigenvalue weighted by Crippen LogP contribution is 2.35. The third kappa shape index (κ3) is 2.03. The third-order valence-electron chi connectivity index (χ3n) is 4.15. The molecule has 2 rings (SSSR count). The number of nitrogens with zero attached hydrogens (tertiary/aromatic N) is 1. The van der Waals surface area contributed by atoms with Gasteiger partial charge in [-0.15, -0.1) is 0 Å². The molecule has 15 heavy (non-hydrogen) atoms. The maximum atomic E-state index is 11.0. The molecule has 0 radical (unpaired) electrons. The van der Waals surface area contributed by atoms with E-state index < -0.39 is 5.97 Å². The van der Waals surface area contributed by atoms with Crippen LogP contribution in [0.3, 0.4) is 0 Å². The summed E-state index contributed by atoms with van der Waals surface area (Å²) in [6.45, 7) is 6.74. The van der Waals surface area contributed by atoms with Gasteiger partial charge < -0.3 is 5.11 Å². The highest BCUT2D eigenvalue weighted by Gasteiger charge is 2.42. The van der Waals surface area contributed by atoms with Crippen molar-refractivity contribution >= 4 is 5.97 Å². The molecule has 0 aromatic rings. The summed E-state index contributed by atoms with van der Waals surface area (Å²) in [4.78, 5) is 13.4. The molecule has 0 amide bonds. The van der Waals surface area contributed by atoms with Gasteiger partial charge in [0.15, 0.2) is 0 Å². The van der Waals surface area contributed by atoms with Crippen LogP contribution in [0.2, 0.25) is 0 Å². The van der Waals surface area contributed by atoms with E-state index in [0.29, 0.717) is 6.04 Å². The zero-order valence-corrected chi connectivity index (χ0v) is 9.65. The lowest BCUT2D eigenvalue weighted by atomic mass is 9.85. The molecule has 1 N–H and O–H groups in total. The van der Waals surface area contributed by atoms with Gasteiger partial charge in [-0.25, -0.2) is 0 Å². The monoisotopic (exact) mass is 211 g/mol. The topological polar surface area (TPSA) is 40.5 Å². The Morgan fingerprint density at radius 2 is 2.00 bits per heavy atom. The maximum absolute atomic E-state index is 11.0. The van der Waals surface area contributed by atoms with Crippen LogP contribution in [0.4, 0.5) is 0 Å². The largest absolute Gasteiger partial charge is 0.481 e. The molecule has 1 aliphatic heterocycles. The second-order valence-electron chi connectivity index (χ2n) is 5.40. The minimum Gasteiger partial charge on any atom is -0.481 e. The minimum absolute atomic E-state index is 0.0990. The zero-order chi connectivity index (χ0) is 11.0. The molecule has 86 valence electrons. The van der Waals surface area contributed by atoms with E-state index in [4.69, 9.17) is 5.11 Å². The Bertz CT molecular complexity index is 246. The molecule has 2 atom stereocenters. The molecule has 1 heterocycles. The number of hydrogen-bond acceptors (Lipinski definition) is 2. The van der Waals surface area contributed by atoms with Crippen LogP contribution in [0.1, 0.15) is 33.1 Å². The fraction of sp³-hybridized carbons (Fsp3) is 0.917. The summed E-state index contributed by atoms with van der Waals surface area (Å²) in [5.74, 6) is 0.842. The number of aliphatic carboxylic acids is 1. The van der Waals surface area contributed by atoms with Crippen LogP contribution in [-0.4, -0.2) is 35.1 Å². The van der Waals surface area contributed by atoms with Gasteiger partial charge in [0.05, 0.1) is 5.92 Å². The molecule has 0 aromatic carbocycles. The van der Waals surface area contributed by atoms with Crippen LogP contribution in [0.15, 0.2) is 0 Å². The Kier molecular flexibility index (Phi) is 3.01. The van der Waals surface area contributed by atoms with Gasteiger partial charge in [-0.1, -0.05) is 20.3 Å². The standard InChI is InChI=1S/C12H21NO2/c1-8(2)9-6-13(7-9)11-5-3-4-10(11)12(14)15/h8-11H,3-7H2,1-2H3,(H,14,15). The van der Waals surface area contributed by atoms with Crippen LogP contribution < -0.4 is 0 Å². The molecule has 0 spiro atoms. The van der Waals surface area contributed by atoms with Gasteiger partial charge in [-0.3, -0.25) is 9.69 Å². The number of hydrogen-bond donors (Lipinski definition) is 1. The second-order valence-corrected chi connectivity index (χ2v) is 5.40. The van der Waals surface area contributed by atoms with Crippen molar-refractivity contribution in [3.05, 3.63) is 0 Å². The van der Waals surface area contributed by atoms with Crippen molar-refractivity contribution < 1.29 is 9.90 Å². The van der Waals surface area contributed by atoms with E-state index in [0.717, 1.165) is 44.2 Å². The fourth-order valence-electron chi connectivity index (χ4n) is 2.91. The predicted molar refractivity (Wildman–Crippen MR) is 58.7 cm³/mol. The SMILES string of the molecule is CC(C)C1CN(C2CCCC2C(=O)O)C1. The molecule has 3 heteroatoms. The first-order valence-electron chi connectivity index (χ1n) is 6.06. The van der Waals surface area contributed by atoms with Crippen molar-refractivity contribution in [3.63, 3.8) is 0 Å². The predicted octanol–water partition coefficient (Wildman–Crippen LogP) is 1.83. The molecule has 2 unspecified atom stereocenters. The molecule has 1 saturated carbocycles.